The molecule has 2 amide bonds. The van der Waals surface area contributed by atoms with Gasteiger partial charge in [-0.05, 0) is 25.5 Å². The average Bonchev–Trinajstić information content (AvgIpc) is 3.01. The third kappa shape index (κ3) is 2.50. The van der Waals surface area contributed by atoms with Gasteiger partial charge in [-0.2, -0.15) is 5.10 Å². The highest BCUT2D eigenvalue weighted by Crippen LogP contribution is 2.39. The first-order valence-corrected chi connectivity index (χ1v) is 8.19. The van der Waals surface area contributed by atoms with E-state index in [4.69, 9.17) is 0 Å². The Labute approximate surface area is 136 Å². The number of aryl methyl sites for hydroxylation is 1. The lowest BCUT2D eigenvalue weighted by Crippen LogP contribution is -2.71. The van der Waals surface area contributed by atoms with Crippen LogP contribution in [0.5, 0.6) is 0 Å². The van der Waals surface area contributed by atoms with Gasteiger partial charge in [0.1, 0.15) is 17.1 Å². The third-order valence-electron chi connectivity index (χ3n) is 3.84. The number of carbonyl (C=O) groups excluding carboxylic acids is 3. The SMILES string of the molecule is CCn1ccc(C(=O)N[C@@H]2C(=O)N3C(C(=O)[O-])=C(C)CS[C@H]23)n1. The van der Waals surface area contributed by atoms with Gasteiger partial charge in [-0.25, -0.2) is 0 Å². The van der Waals surface area contributed by atoms with Crippen molar-refractivity contribution in [2.45, 2.75) is 31.8 Å². The van der Waals surface area contributed by atoms with Crippen molar-refractivity contribution >= 4 is 29.5 Å². The summed E-state index contributed by atoms with van der Waals surface area (Å²) in [6.07, 6.45) is 1.68. The summed E-state index contributed by atoms with van der Waals surface area (Å²) in [5.74, 6) is -1.78. The maximum atomic E-state index is 12.2. The molecule has 0 aliphatic carbocycles. The summed E-state index contributed by atoms with van der Waals surface area (Å²) in [5.41, 5.74) is 0.733. The summed E-state index contributed by atoms with van der Waals surface area (Å²) in [7, 11) is 0. The lowest BCUT2D eigenvalue weighted by molar-refractivity contribution is -0.301. The summed E-state index contributed by atoms with van der Waals surface area (Å²) < 4.78 is 1.61. The van der Waals surface area contributed by atoms with E-state index in [2.05, 4.69) is 10.4 Å². The van der Waals surface area contributed by atoms with Crippen LogP contribution >= 0.6 is 11.8 Å². The van der Waals surface area contributed by atoms with Crippen LogP contribution in [0.4, 0.5) is 0 Å². The van der Waals surface area contributed by atoms with Gasteiger partial charge < -0.3 is 15.2 Å². The minimum atomic E-state index is -1.37. The zero-order chi connectivity index (χ0) is 16.7. The second kappa shape index (κ2) is 5.73. The third-order valence-corrected chi connectivity index (χ3v) is 5.26. The molecule has 3 rings (SSSR count). The highest BCUT2D eigenvalue weighted by molar-refractivity contribution is 8.00. The Balaban J connectivity index is 1.73. The first-order valence-electron chi connectivity index (χ1n) is 7.14. The molecule has 1 aromatic heterocycles. The van der Waals surface area contributed by atoms with Gasteiger partial charge in [-0.15, -0.1) is 11.8 Å². The molecule has 1 saturated heterocycles. The van der Waals surface area contributed by atoms with Crippen LogP contribution < -0.4 is 10.4 Å². The normalized spacial score (nSPS) is 23.4. The molecule has 1 fully saturated rings. The van der Waals surface area contributed by atoms with Crippen LogP contribution in [0.3, 0.4) is 0 Å². The maximum absolute atomic E-state index is 12.2. The Morgan fingerprint density at radius 3 is 2.87 bits per heavy atom. The van der Waals surface area contributed by atoms with Crippen LogP contribution in [0.25, 0.3) is 0 Å². The molecular weight excluding hydrogens is 320 g/mol. The summed E-state index contributed by atoms with van der Waals surface area (Å²) in [4.78, 5) is 36.8. The van der Waals surface area contributed by atoms with Gasteiger partial charge in [0.05, 0.1) is 11.7 Å². The van der Waals surface area contributed by atoms with Crippen LogP contribution in [-0.4, -0.2) is 49.6 Å². The Kier molecular flexibility index (Phi) is 3.88. The van der Waals surface area contributed by atoms with Crippen molar-refractivity contribution in [1.29, 1.82) is 0 Å². The fourth-order valence-corrected chi connectivity index (χ4v) is 3.93. The highest BCUT2D eigenvalue weighted by atomic mass is 32.2. The van der Waals surface area contributed by atoms with E-state index in [1.165, 1.54) is 16.7 Å². The van der Waals surface area contributed by atoms with E-state index in [1.807, 2.05) is 6.92 Å². The Bertz CT molecular complexity index is 726. The van der Waals surface area contributed by atoms with Crippen LogP contribution in [0.2, 0.25) is 0 Å². The number of carboxylic acids is 1. The second-order valence-electron chi connectivity index (χ2n) is 5.33. The average molecular weight is 335 g/mol. The van der Waals surface area contributed by atoms with Crippen molar-refractivity contribution in [3.63, 3.8) is 0 Å². The van der Waals surface area contributed by atoms with E-state index >= 15 is 0 Å². The molecule has 0 aromatic carbocycles. The largest absolute Gasteiger partial charge is 0.543 e. The predicted octanol–water partition coefficient (Wildman–Crippen LogP) is -1.06. The molecule has 1 N–H and O–H groups in total. The fraction of sp³-hybridized carbons (Fsp3) is 0.429. The lowest BCUT2D eigenvalue weighted by Gasteiger charge is -2.50. The number of aromatic nitrogens is 2. The van der Waals surface area contributed by atoms with Gasteiger partial charge in [-0.3, -0.25) is 19.2 Å². The minimum Gasteiger partial charge on any atom is -0.543 e. The maximum Gasteiger partial charge on any atom is 0.272 e. The Morgan fingerprint density at radius 2 is 2.26 bits per heavy atom. The predicted molar refractivity (Wildman–Crippen MR) is 80.0 cm³/mol. The molecule has 3 heterocycles. The summed E-state index contributed by atoms with van der Waals surface area (Å²) in [6, 6.07) is 0.825. The first kappa shape index (κ1) is 15.6. The van der Waals surface area contributed by atoms with Crippen molar-refractivity contribution in [1.82, 2.24) is 20.0 Å². The van der Waals surface area contributed by atoms with E-state index in [1.54, 1.807) is 23.9 Å². The standard InChI is InChI=1S/C14H16N4O4S/c1-3-17-5-4-8(16-17)11(19)15-9-12(20)18-10(14(21)22)7(2)6-23-13(9)18/h4-5,9,13H,3,6H2,1-2H3,(H,15,19)(H,21,22)/p-1/t9-,13-/m1/s1. The van der Waals surface area contributed by atoms with Crippen LogP contribution in [-0.2, 0) is 16.1 Å². The number of rotatable bonds is 4. The molecule has 2 aliphatic heterocycles. The van der Waals surface area contributed by atoms with E-state index in [9.17, 15) is 19.5 Å². The molecule has 2 aliphatic rings. The van der Waals surface area contributed by atoms with E-state index in [0.717, 1.165) is 0 Å². The zero-order valence-corrected chi connectivity index (χ0v) is 13.4. The molecule has 0 saturated carbocycles. The minimum absolute atomic E-state index is 0.0838. The molecule has 0 unspecified atom stereocenters. The van der Waals surface area contributed by atoms with Gasteiger partial charge in [0.2, 0.25) is 0 Å². The molecule has 0 bridgehead atoms. The topological polar surface area (TPSA) is 107 Å². The van der Waals surface area contributed by atoms with Crippen molar-refractivity contribution in [2.24, 2.45) is 0 Å². The van der Waals surface area contributed by atoms with Gasteiger partial charge in [0, 0.05) is 18.5 Å². The molecule has 9 heteroatoms. The molecule has 0 radical (unpaired) electrons. The summed E-state index contributed by atoms with van der Waals surface area (Å²) in [6.45, 7) is 4.20. The van der Waals surface area contributed by atoms with E-state index in [-0.39, 0.29) is 11.4 Å². The van der Waals surface area contributed by atoms with Crippen molar-refractivity contribution < 1.29 is 19.5 Å². The zero-order valence-electron chi connectivity index (χ0n) is 12.6. The number of β-lactam (4-membered cyclic amide) rings is 1. The molecule has 8 nitrogen and oxygen atoms in total. The number of thioether (sulfide) groups is 1. The van der Waals surface area contributed by atoms with Gasteiger partial charge in [0.25, 0.3) is 11.8 Å². The van der Waals surface area contributed by atoms with Crippen LogP contribution in [0.15, 0.2) is 23.5 Å². The number of hydrogen-bond donors (Lipinski definition) is 1. The molecular formula is C14H15N4O4S-. The number of fused-ring (bicyclic) bond motifs is 1. The summed E-state index contributed by atoms with van der Waals surface area (Å²) in [5, 5.41) is 17.5. The second-order valence-corrected chi connectivity index (χ2v) is 6.44. The number of carbonyl (C=O) groups is 3. The lowest BCUT2D eigenvalue weighted by atomic mass is 10.0. The van der Waals surface area contributed by atoms with E-state index in [0.29, 0.717) is 17.9 Å². The van der Waals surface area contributed by atoms with Crippen LogP contribution in [0.1, 0.15) is 24.3 Å². The first-order chi connectivity index (χ1) is 10.9. The van der Waals surface area contributed by atoms with Crippen molar-refractivity contribution in [2.75, 3.05) is 5.75 Å². The fourth-order valence-electron chi connectivity index (χ4n) is 2.64. The molecule has 2 atom stereocenters. The quantitative estimate of drug-likeness (QED) is 0.703. The Morgan fingerprint density at radius 1 is 1.52 bits per heavy atom. The Hall–Kier alpha value is -2.29. The highest BCUT2D eigenvalue weighted by Gasteiger charge is 2.52. The number of amides is 2. The number of nitrogens with one attached hydrogen (secondary N) is 1. The van der Waals surface area contributed by atoms with Crippen molar-refractivity contribution in [3.8, 4) is 0 Å². The number of hydrogen-bond acceptors (Lipinski definition) is 6. The molecule has 122 valence electrons. The molecule has 1 aromatic rings. The monoisotopic (exact) mass is 335 g/mol. The van der Waals surface area contributed by atoms with Gasteiger partial charge in [-0.1, -0.05) is 0 Å². The number of carboxylic acid groups (broad SMARTS) is 1. The molecule has 0 spiro atoms. The van der Waals surface area contributed by atoms with Crippen LogP contribution in [0, 0.1) is 0 Å². The summed E-state index contributed by atoms with van der Waals surface area (Å²) >= 11 is 1.42. The van der Waals surface area contributed by atoms with Gasteiger partial charge >= 0.3 is 0 Å². The number of aliphatic carboxylic acids is 1. The smallest absolute Gasteiger partial charge is 0.272 e. The van der Waals surface area contributed by atoms with E-state index < -0.39 is 29.2 Å². The molecule has 23 heavy (non-hydrogen) atoms. The van der Waals surface area contributed by atoms with Gasteiger partial charge in [0.15, 0.2) is 0 Å². The number of nitrogens with zero attached hydrogens (tertiary/aromatic N) is 3. The van der Waals surface area contributed by atoms with Crippen molar-refractivity contribution in [3.05, 3.63) is 29.2 Å².